The molecule has 0 radical (unpaired) electrons. The molecule has 12 heavy (non-hydrogen) atoms. The summed E-state index contributed by atoms with van der Waals surface area (Å²) >= 11 is 0. The van der Waals surface area contributed by atoms with Gasteiger partial charge < -0.3 is 10.5 Å². The Morgan fingerprint density at radius 1 is 1.67 bits per heavy atom. The van der Waals surface area contributed by atoms with E-state index in [9.17, 15) is 4.79 Å². The zero-order chi connectivity index (χ0) is 9.56. The standard InChI is InChI=1S/C8H18N2O2/c1-4-10(5-8(9)11)7(2)6-12-3/h7H,4-6H2,1-3H3,(H2,9,11). The number of likely N-dealkylation sites (N-methyl/N-ethyl adjacent to an activating group) is 1. The van der Waals surface area contributed by atoms with Crippen molar-refractivity contribution in [3.63, 3.8) is 0 Å². The van der Waals surface area contributed by atoms with Crippen LogP contribution in [0.4, 0.5) is 0 Å². The maximum atomic E-state index is 10.6. The van der Waals surface area contributed by atoms with E-state index < -0.39 is 0 Å². The predicted molar refractivity (Wildman–Crippen MR) is 47.8 cm³/mol. The minimum atomic E-state index is -0.292. The topological polar surface area (TPSA) is 55.6 Å². The molecule has 0 heterocycles. The molecule has 4 nitrogen and oxygen atoms in total. The van der Waals surface area contributed by atoms with Crippen molar-refractivity contribution in [3.05, 3.63) is 0 Å². The van der Waals surface area contributed by atoms with E-state index in [0.29, 0.717) is 13.2 Å². The van der Waals surface area contributed by atoms with Crippen LogP contribution in [0.3, 0.4) is 0 Å². The van der Waals surface area contributed by atoms with Gasteiger partial charge in [-0.3, -0.25) is 9.69 Å². The van der Waals surface area contributed by atoms with Crippen LogP contribution in [-0.4, -0.2) is 43.7 Å². The van der Waals surface area contributed by atoms with Crippen LogP contribution in [0.2, 0.25) is 0 Å². The highest BCUT2D eigenvalue weighted by molar-refractivity contribution is 5.75. The highest BCUT2D eigenvalue weighted by Gasteiger charge is 2.13. The molecule has 1 amide bonds. The van der Waals surface area contributed by atoms with Crippen molar-refractivity contribution in [1.82, 2.24) is 4.90 Å². The third-order valence-electron chi connectivity index (χ3n) is 1.80. The van der Waals surface area contributed by atoms with Crippen LogP contribution in [0.1, 0.15) is 13.8 Å². The van der Waals surface area contributed by atoms with Crippen LogP contribution >= 0.6 is 0 Å². The average molecular weight is 174 g/mol. The third-order valence-corrected chi connectivity index (χ3v) is 1.80. The molecule has 0 saturated heterocycles. The largest absolute Gasteiger partial charge is 0.383 e. The molecule has 0 bridgehead atoms. The molecule has 2 N–H and O–H groups in total. The molecule has 0 aliphatic rings. The smallest absolute Gasteiger partial charge is 0.231 e. The van der Waals surface area contributed by atoms with E-state index in [0.717, 1.165) is 6.54 Å². The molecule has 0 rings (SSSR count). The van der Waals surface area contributed by atoms with E-state index in [1.165, 1.54) is 0 Å². The van der Waals surface area contributed by atoms with Crippen molar-refractivity contribution in [3.8, 4) is 0 Å². The lowest BCUT2D eigenvalue weighted by atomic mass is 10.3. The van der Waals surface area contributed by atoms with Crippen LogP contribution in [0, 0.1) is 0 Å². The molecule has 0 aromatic carbocycles. The summed E-state index contributed by atoms with van der Waals surface area (Å²) in [5, 5.41) is 0. The summed E-state index contributed by atoms with van der Waals surface area (Å²) in [6.07, 6.45) is 0. The number of carbonyl (C=O) groups excluding carboxylic acids is 1. The molecule has 0 aliphatic carbocycles. The lowest BCUT2D eigenvalue weighted by Gasteiger charge is -2.25. The Balaban J connectivity index is 3.86. The van der Waals surface area contributed by atoms with Gasteiger partial charge in [0, 0.05) is 13.2 Å². The van der Waals surface area contributed by atoms with E-state index in [1.807, 2.05) is 18.7 Å². The predicted octanol–water partition coefficient (Wildman–Crippen LogP) is -0.171. The molecule has 0 aromatic heterocycles. The Hall–Kier alpha value is -0.610. The van der Waals surface area contributed by atoms with Gasteiger partial charge in [-0.2, -0.15) is 0 Å². The van der Waals surface area contributed by atoms with Crippen molar-refractivity contribution in [1.29, 1.82) is 0 Å². The number of ether oxygens (including phenoxy) is 1. The summed E-state index contributed by atoms with van der Waals surface area (Å²) in [5.41, 5.74) is 5.08. The van der Waals surface area contributed by atoms with Crippen LogP contribution in [0.5, 0.6) is 0 Å². The Kier molecular flexibility index (Phi) is 5.66. The summed E-state index contributed by atoms with van der Waals surface area (Å²) < 4.78 is 4.97. The fourth-order valence-corrected chi connectivity index (χ4v) is 1.13. The number of hydrogen-bond acceptors (Lipinski definition) is 3. The minimum Gasteiger partial charge on any atom is -0.383 e. The molecule has 1 atom stereocenters. The van der Waals surface area contributed by atoms with Crippen molar-refractivity contribution in [2.24, 2.45) is 5.73 Å². The van der Waals surface area contributed by atoms with Crippen molar-refractivity contribution in [2.75, 3.05) is 26.8 Å². The maximum absolute atomic E-state index is 10.6. The molecule has 0 aliphatic heterocycles. The van der Waals surface area contributed by atoms with Gasteiger partial charge in [-0.05, 0) is 13.5 Å². The minimum absolute atomic E-state index is 0.243. The summed E-state index contributed by atoms with van der Waals surface area (Å²) in [7, 11) is 1.65. The van der Waals surface area contributed by atoms with Crippen molar-refractivity contribution < 1.29 is 9.53 Å². The maximum Gasteiger partial charge on any atom is 0.231 e. The fraction of sp³-hybridized carbons (Fsp3) is 0.875. The molecule has 72 valence electrons. The number of methoxy groups -OCH3 is 1. The molecule has 0 aromatic rings. The Morgan fingerprint density at radius 2 is 2.25 bits per heavy atom. The van der Waals surface area contributed by atoms with Gasteiger partial charge in [-0.15, -0.1) is 0 Å². The Labute approximate surface area is 73.7 Å². The van der Waals surface area contributed by atoms with E-state index in [2.05, 4.69) is 0 Å². The molecular weight excluding hydrogens is 156 g/mol. The van der Waals surface area contributed by atoms with Gasteiger partial charge in [-0.1, -0.05) is 6.92 Å². The number of rotatable bonds is 6. The van der Waals surface area contributed by atoms with Gasteiger partial charge in [0.05, 0.1) is 13.2 Å². The number of carbonyl (C=O) groups is 1. The zero-order valence-corrected chi connectivity index (χ0v) is 8.04. The van der Waals surface area contributed by atoms with Gasteiger partial charge in [0.1, 0.15) is 0 Å². The van der Waals surface area contributed by atoms with Gasteiger partial charge in [0.15, 0.2) is 0 Å². The van der Waals surface area contributed by atoms with Crippen LogP contribution < -0.4 is 5.73 Å². The van der Waals surface area contributed by atoms with Gasteiger partial charge >= 0.3 is 0 Å². The summed E-state index contributed by atoms with van der Waals surface area (Å²) in [6.45, 7) is 5.75. The summed E-state index contributed by atoms with van der Waals surface area (Å²) in [6, 6.07) is 0.243. The quantitative estimate of drug-likeness (QED) is 0.608. The van der Waals surface area contributed by atoms with Gasteiger partial charge in [-0.25, -0.2) is 0 Å². The first-order valence-corrected chi connectivity index (χ1v) is 4.13. The molecule has 1 unspecified atom stereocenters. The van der Waals surface area contributed by atoms with Crippen LogP contribution in [-0.2, 0) is 9.53 Å². The van der Waals surface area contributed by atoms with E-state index in [-0.39, 0.29) is 11.9 Å². The zero-order valence-electron chi connectivity index (χ0n) is 8.04. The number of amides is 1. The molecular formula is C8H18N2O2. The number of nitrogens with two attached hydrogens (primary N) is 1. The summed E-state index contributed by atoms with van der Waals surface area (Å²) in [4.78, 5) is 12.6. The molecule has 0 fully saturated rings. The second kappa shape index (κ2) is 5.97. The first-order chi connectivity index (χ1) is 5.61. The molecule has 4 heteroatoms. The van der Waals surface area contributed by atoms with Crippen molar-refractivity contribution >= 4 is 5.91 Å². The SMILES string of the molecule is CCN(CC(N)=O)C(C)COC. The highest BCUT2D eigenvalue weighted by Crippen LogP contribution is 1.97. The Bertz CT molecular complexity index is 139. The second-order valence-electron chi connectivity index (χ2n) is 2.83. The first-order valence-electron chi connectivity index (χ1n) is 4.13. The van der Waals surface area contributed by atoms with Crippen molar-refractivity contribution in [2.45, 2.75) is 19.9 Å². The van der Waals surface area contributed by atoms with Gasteiger partial charge in [0.25, 0.3) is 0 Å². The van der Waals surface area contributed by atoms with Crippen LogP contribution in [0.25, 0.3) is 0 Å². The number of nitrogens with zero attached hydrogens (tertiary/aromatic N) is 1. The first kappa shape index (κ1) is 11.4. The van der Waals surface area contributed by atoms with E-state index in [4.69, 9.17) is 10.5 Å². The lowest BCUT2D eigenvalue weighted by Crippen LogP contribution is -2.41. The molecule has 0 saturated carbocycles. The van der Waals surface area contributed by atoms with E-state index >= 15 is 0 Å². The number of hydrogen-bond donors (Lipinski definition) is 1. The highest BCUT2D eigenvalue weighted by atomic mass is 16.5. The lowest BCUT2D eigenvalue weighted by molar-refractivity contribution is -0.119. The average Bonchev–Trinajstić information content (AvgIpc) is 2.00. The Morgan fingerprint density at radius 3 is 2.58 bits per heavy atom. The monoisotopic (exact) mass is 174 g/mol. The van der Waals surface area contributed by atoms with Crippen LogP contribution in [0.15, 0.2) is 0 Å². The second-order valence-corrected chi connectivity index (χ2v) is 2.83. The normalized spacial score (nSPS) is 13.3. The van der Waals surface area contributed by atoms with E-state index in [1.54, 1.807) is 7.11 Å². The fourth-order valence-electron chi connectivity index (χ4n) is 1.13. The third kappa shape index (κ3) is 4.31. The molecule has 0 spiro atoms. The summed E-state index contributed by atoms with van der Waals surface area (Å²) in [5.74, 6) is -0.292. The van der Waals surface area contributed by atoms with Gasteiger partial charge in [0.2, 0.25) is 5.91 Å². The number of primary amides is 1.